The van der Waals surface area contributed by atoms with Crippen LogP contribution < -0.4 is 0 Å². The van der Waals surface area contributed by atoms with Gasteiger partial charge < -0.3 is 0 Å². The zero-order chi connectivity index (χ0) is 18.1. The molecule has 136 valence electrons. The van der Waals surface area contributed by atoms with Crippen molar-refractivity contribution in [3.63, 3.8) is 0 Å². The number of thioether (sulfide) groups is 2. The number of thiophene rings is 1. The molecule has 1 atom stereocenters. The first kappa shape index (κ1) is 17.0. The first-order valence-electron chi connectivity index (χ1n) is 8.43. The Morgan fingerprint density at radius 3 is 2.85 bits per heavy atom. The van der Waals surface area contributed by atoms with Crippen LogP contribution in [0.1, 0.15) is 10.9 Å². The molecule has 1 unspecified atom stereocenters. The first-order valence-corrected chi connectivity index (χ1v) is 11.3. The maximum atomic E-state index is 4.41. The molecule has 0 aliphatic carbocycles. The van der Waals surface area contributed by atoms with Crippen LogP contribution in [0.25, 0.3) is 11.4 Å². The molecule has 27 heavy (non-hydrogen) atoms. The summed E-state index contributed by atoms with van der Waals surface area (Å²) in [4.78, 5) is 1.24. The number of nitrogens with zero attached hydrogens (tertiary/aromatic N) is 7. The van der Waals surface area contributed by atoms with Crippen LogP contribution >= 0.6 is 34.9 Å². The molecule has 5 rings (SSSR count). The average molecular weight is 414 g/mol. The first-order chi connectivity index (χ1) is 13.4. The van der Waals surface area contributed by atoms with Gasteiger partial charge in [-0.2, -0.15) is 0 Å². The molecule has 4 aromatic rings. The normalized spacial score (nSPS) is 15.9. The molecule has 4 heterocycles. The van der Waals surface area contributed by atoms with E-state index in [2.05, 4.69) is 53.9 Å². The van der Waals surface area contributed by atoms with E-state index in [1.165, 1.54) is 4.88 Å². The van der Waals surface area contributed by atoms with Gasteiger partial charge in [0.05, 0.1) is 12.6 Å². The summed E-state index contributed by atoms with van der Waals surface area (Å²) in [5, 5.41) is 24.9. The Morgan fingerprint density at radius 1 is 1.07 bits per heavy atom. The second kappa shape index (κ2) is 7.45. The molecule has 1 aliphatic rings. The molecular weight excluding hydrogens is 398 g/mol. The fourth-order valence-corrected chi connectivity index (χ4v) is 5.85. The third-order valence-corrected chi connectivity index (χ3v) is 7.31. The van der Waals surface area contributed by atoms with Crippen LogP contribution in [-0.4, -0.2) is 46.5 Å². The molecule has 1 aromatic carbocycles. The largest absolute Gasteiger partial charge is 0.297 e. The summed E-state index contributed by atoms with van der Waals surface area (Å²) >= 11 is 5.16. The molecule has 1 aliphatic heterocycles. The number of rotatable bonds is 6. The second-order valence-electron chi connectivity index (χ2n) is 6.02. The highest BCUT2D eigenvalue weighted by molar-refractivity contribution is 8.00. The van der Waals surface area contributed by atoms with Crippen molar-refractivity contribution >= 4 is 34.9 Å². The SMILES string of the molecule is c1ccc(-c2nnc3n2C(CSc2nnnn2Cc2cccs2)CS3)cc1. The molecular formula is C17H15N7S3. The van der Waals surface area contributed by atoms with E-state index in [0.29, 0.717) is 12.6 Å². The predicted molar refractivity (Wildman–Crippen MR) is 107 cm³/mol. The lowest BCUT2D eigenvalue weighted by molar-refractivity contribution is 0.589. The van der Waals surface area contributed by atoms with Gasteiger partial charge in [-0.3, -0.25) is 4.57 Å². The van der Waals surface area contributed by atoms with Crippen molar-refractivity contribution in [3.8, 4) is 11.4 Å². The Labute approximate surface area is 168 Å². The number of fused-ring (bicyclic) bond motifs is 1. The van der Waals surface area contributed by atoms with Crippen LogP contribution in [0.4, 0.5) is 0 Å². The van der Waals surface area contributed by atoms with Crippen LogP contribution in [0.5, 0.6) is 0 Å². The van der Waals surface area contributed by atoms with Gasteiger partial charge in [-0.25, -0.2) is 4.68 Å². The molecule has 0 N–H and O–H groups in total. The van der Waals surface area contributed by atoms with E-state index < -0.39 is 0 Å². The van der Waals surface area contributed by atoms with E-state index >= 15 is 0 Å². The second-order valence-corrected chi connectivity index (χ2v) is 9.02. The summed E-state index contributed by atoms with van der Waals surface area (Å²) in [5.74, 6) is 2.80. The van der Waals surface area contributed by atoms with Gasteiger partial charge in [0, 0.05) is 21.9 Å². The average Bonchev–Trinajstić information content (AvgIpc) is 3.48. The Balaban J connectivity index is 1.33. The Bertz CT molecular complexity index is 1030. The summed E-state index contributed by atoms with van der Waals surface area (Å²) in [6, 6.07) is 14.7. The topological polar surface area (TPSA) is 74.3 Å². The van der Waals surface area contributed by atoms with Crippen molar-refractivity contribution in [3.05, 3.63) is 52.7 Å². The molecule has 0 spiro atoms. The van der Waals surface area contributed by atoms with Crippen molar-refractivity contribution < 1.29 is 0 Å². The van der Waals surface area contributed by atoms with Crippen molar-refractivity contribution in [2.24, 2.45) is 0 Å². The maximum Gasteiger partial charge on any atom is 0.209 e. The van der Waals surface area contributed by atoms with Crippen molar-refractivity contribution in [2.45, 2.75) is 22.9 Å². The summed E-state index contributed by atoms with van der Waals surface area (Å²) in [6.45, 7) is 0.708. The zero-order valence-electron chi connectivity index (χ0n) is 14.2. The van der Waals surface area contributed by atoms with Gasteiger partial charge >= 0.3 is 0 Å². The van der Waals surface area contributed by atoms with E-state index in [4.69, 9.17) is 0 Å². The highest BCUT2D eigenvalue weighted by atomic mass is 32.2. The summed E-state index contributed by atoms with van der Waals surface area (Å²) < 4.78 is 4.12. The van der Waals surface area contributed by atoms with E-state index in [0.717, 1.165) is 33.2 Å². The monoisotopic (exact) mass is 413 g/mol. The molecule has 3 aromatic heterocycles. The smallest absolute Gasteiger partial charge is 0.209 e. The number of hydrogen-bond donors (Lipinski definition) is 0. The lowest BCUT2D eigenvalue weighted by Gasteiger charge is -2.14. The molecule has 0 bridgehead atoms. The van der Waals surface area contributed by atoms with Gasteiger partial charge in [0.15, 0.2) is 11.0 Å². The number of tetrazole rings is 1. The number of benzene rings is 1. The van der Waals surface area contributed by atoms with E-state index in [1.54, 1.807) is 34.9 Å². The number of aromatic nitrogens is 7. The quantitative estimate of drug-likeness (QED) is 0.448. The molecule has 7 nitrogen and oxygen atoms in total. The zero-order valence-corrected chi connectivity index (χ0v) is 16.6. The lowest BCUT2D eigenvalue weighted by atomic mass is 10.2. The van der Waals surface area contributed by atoms with E-state index in [-0.39, 0.29) is 0 Å². The standard InChI is InChI=1S/C17H15N7S3/c1-2-5-12(6-3-1)15-18-19-17-24(15)13(11-27-17)10-26-16-20-21-22-23(16)9-14-7-4-8-25-14/h1-8,13H,9-11H2. The molecule has 0 saturated heterocycles. The third kappa shape index (κ3) is 3.40. The minimum absolute atomic E-state index is 0.312. The summed E-state index contributed by atoms with van der Waals surface area (Å²) in [5.41, 5.74) is 1.09. The third-order valence-electron chi connectivity index (χ3n) is 4.26. The van der Waals surface area contributed by atoms with Crippen molar-refractivity contribution in [1.29, 1.82) is 0 Å². The van der Waals surface area contributed by atoms with Crippen LogP contribution in [0.3, 0.4) is 0 Å². The molecule has 0 fully saturated rings. The van der Waals surface area contributed by atoms with E-state index in [1.807, 2.05) is 28.9 Å². The fraction of sp³-hybridized carbons (Fsp3) is 0.235. The molecule has 0 radical (unpaired) electrons. The minimum Gasteiger partial charge on any atom is -0.297 e. The van der Waals surface area contributed by atoms with Gasteiger partial charge in [-0.15, -0.1) is 26.6 Å². The molecule has 0 amide bonds. The Hall–Kier alpha value is -2.17. The minimum atomic E-state index is 0.312. The summed E-state index contributed by atoms with van der Waals surface area (Å²) in [7, 11) is 0. The van der Waals surface area contributed by atoms with Gasteiger partial charge in [-0.1, -0.05) is 59.9 Å². The van der Waals surface area contributed by atoms with E-state index in [9.17, 15) is 0 Å². The van der Waals surface area contributed by atoms with Crippen LogP contribution in [0.2, 0.25) is 0 Å². The highest BCUT2D eigenvalue weighted by Gasteiger charge is 2.29. The van der Waals surface area contributed by atoms with Crippen LogP contribution in [0.15, 0.2) is 58.2 Å². The lowest BCUT2D eigenvalue weighted by Crippen LogP contribution is -2.12. The Kier molecular flexibility index (Phi) is 4.68. The van der Waals surface area contributed by atoms with Gasteiger partial charge in [-0.05, 0) is 21.9 Å². The molecule has 10 heteroatoms. The van der Waals surface area contributed by atoms with Crippen LogP contribution in [0, 0.1) is 0 Å². The van der Waals surface area contributed by atoms with Gasteiger partial charge in [0.2, 0.25) is 5.16 Å². The highest BCUT2D eigenvalue weighted by Crippen LogP contribution is 2.38. The fourth-order valence-electron chi connectivity index (χ4n) is 2.98. The van der Waals surface area contributed by atoms with Gasteiger partial charge in [0.1, 0.15) is 0 Å². The predicted octanol–water partition coefficient (Wildman–Crippen LogP) is 3.48. The Morgan fingerprint density at radius 2 is 2.00 bits per heavy atom. The summed E-state index contributed by atoms with van der Waals surface area (Å²) in [6.07, 6.45) is 0. The van der Waals surface area contributed by atoms with Crippen molar-refractivity contribution in [2.75, 3.05) is 11.5 Å². The van der Waals surface area contributed by atoms with Crippen molar-refractivity contribution in [1.82, 2.24) is 35.0 Å². The van der Waals surface area contributed by atoms with Crippen LogP contribution in [-0.2, 0) is 6.54 Å². The molecule has 0 saturated carbocycles. The number of hydrogen-bond acceptors (Lipinski definition) is 8. The maximum absolute atomic E-state index is 4.41. The van der Waals surface area contributed by atoms with Gasteiger partial charge in [0.25, 0.3) is 0 Å².